The Bertz CT molecular complexity index is 523. The molecule has 0 fully saturated rings. The van der Waals surface area contributed by atoms with Crippen LogP contribution in [0.15, 0.2) is 30.3 Å². The molecule has 0 unspecified atom stereocenters. The number of aromatic nitrogens is 3. The van der Waals surface area contributed by atoms with Gasteiger partial charge in [-0.2, -0.15) is 0 Å². The van der Waals surface area contributed by atoms with E-state index in [-0.39, 0.29) is 0 Å². The number of benzene rings is 1. The van der Waals surface area contributed by atoms with E-state index in [1.165, 1.54) is 11.5 Å². The molecular weight excluding hydrogens is 182 g/mol. The van der Waals surface area contributed by atoms with Gasteiger partial charge in [0.1, 0.15) is 0 Å². The van der Waals surface area contributed by atoms with Crippen molar-refractivity contribution in [2.75, 3.05) is 0 Å². The van der Waals surface area contributed by atoms with E-state index in [2.05, 4.69) is 20.6 Å². The fourth-order valence-electron chi connectivity index (χ4n) is 1.33. The second-order valence-electron chi connectivity index (χ2n) is 2.78. The molecule has 0 saturated heterocycles. The van der Waals surface area contributed by atoms with Crippen LogP contribution >= 0.6 is 11.5 Å². The lowest BCUT2D eigenvalue weighted by Crippen LogP contribution is -1.79. The number of hydrogen-bond acceptors (Lipinski definition) is 4. The second kappa shape index (κ2) is 2.47. The van der Waals surface area contributed by atoms with Crippen LogP contribution in [-0.2, 0) is 0 Å². The topological polar surface area (TPSA) is 38.7 Å². The molecule has 0 radical (unpaired) electrons. The van der Waals surface area contributed by atoms with Crippen LogP contribution in [0.3, 0.4) is 0 Å². The van der Waals surface area contributed by atoms with Crippen molar-refractivity contribution in [3.8, 4) is 0 Å². The number of para-hydroxylation sites is 1. The Hall–Kier alpha value is -1.55. The van der Waals surface area contributed by atoms with E-state index in [1.54, 1.807) is 0 Å². The van der Waals surface area contributed by atoms with E-state index in [0.717, 1.165) is 21.3 Å². The van der Waals surface area contributed by atoms with Crippen molar-refractivity contribution in [1.82, 2.24) is 14.6 Å². The molecule has 0 spiro atoms. The van der Waals surface area contributed by atoms with E-state index in [1.807, 2.05) is 24.3 Å². The predicted octanol–water partition coefficient (Wildman–Crippen LogP) is 2.24. The molecule has 0 N–H and O–H groups in total. The fourth-order valence-corrected chi connectivity index (χ4v) is 1.88. The standard InChI is InChI=1S/C9H5N3S/c1-2-4-7-6(3-1)5-8-9(10-7)11-12-13-8/h1-5H. The average molecular weight is 187 g/mol. The van der Waals surface area contributed by atoms with Gasteiger partial charge >= 0.3 is 0 Å². The molecule has 2 heterocycles. The van der Waals surface area contributed by atoms with Crippen LogP contribution in [0.1, 0.15) is 0 Å². The predicted molar refractivity (Wildman–Crippen MR) is 52.7 cm³/mol. The smallest absolute Gasteiger partial charge is 0.195 e. The van der Waals surface area contributed by atoms with Gasteiger partial charge in [0.15, 0.2) is 5.65 Å². The number of nitrogens with zero attached hydrogens (tertiary/aromatic N) is 3. The molecule has 1 aromatic carbocycles. The maximum atomic E-state index is 4.37. The quantitative estimate of drug-likeness (QED) is 0.541. The Balaban J connectivity index is 2.57. The zero-order valence-corrected chi connectivity index (χ0v) is 7.45. The van der Waals surface area contributed by atoms with Crippen molar-refractivity contribution >= 4 is 32.8 Å². The van der Waals surface area contributed by atoms with E-state index < -0.39 is 0 Å². The Labute approximate surface area is 78.2 Å². The summed E-state index contributed by atoms with van der Waals surface area (Å²) in [4.78, 5) is 4.37. The first-order chi connectivity index (χ1) is 6.43. The Morgan fingerprint density at radius 3 is 3.08 bits per heavy atom. The van der Waals surface area contributed by atoms with E-state index in [4.69, 9.17) is 0 Å². The average Bonchev–Trinajstić information content (AvgIpc) is 2.61. The van der Waals surface area contributed by atoms with Crippen LogP contribution in [-0.4, -0.2) is 14.6 Å². The molecule has 0 aliphatic rings. The van der Waals surface area contributed by atoms with Crippen molar-refractivity contribution in [2.45, 2.75) is 0 Å². The fraction of sp³-hybridized carbons (Fsp3) is 0. The lowest BCUT2D eigenvalue weighted by molar-refractivity contribution is 1.17. The molecule has 4 heteroatoms. The molecule has 0 saturated carbocycles. The molecule has 0 aliphatic carbocycles. The third kappa shape index (κ3) is 0.990. The summed E-state index contributed by atoms with van der Waals surface area (Å²) in [5.41, 5.74) is 1.71. The monoisotopic (exact) mass is 187 g/mol. The first-order valence-corrected chi connectivity index (χ1v) is 4.69. The molecule has 62 valence electrons. The van der Waals surface area contributed by atoms with E-state index >= 15 is 0 Å². The van der Waals surface area contributed by atoms with E-state index in [0.29, 0.717) is 0 Å². The highest BCUT2D eigenvalue weighted by Crippen LogP contribution is 2.19. The lowest BCUT2D eigenvalue weighted by Gasteiger charge is -1.93. The summed E-state index contributed by atoms with van der Waals surface area (Å²) in [6, 6.07) is 10.1. The zero-order valence-electron chi connectivity index (χ0n) is 6.64. The minimum atomic E-state index is 0.740. The van der Waals surface area contributed by atoms with Gasteiger partial charge in [-0.25, -0.2) is 4.98 Å². The second-order valence-corrected chi connectivity index (χ2v) is 3.56. The van der Waals surface area contributed by atoms with Crippen molar-refractivity contribution < 1.29 is 0 Å². The lowest BCUT2D eigenvalue weighted by atomic mass is 10.2. The highest BCUT2D eigenvalue weighted by atomic mass is 32.1. The van der Waals surface area contributed by atoms with Crippen LogP contribution in [0, 0.1) is 0 Å². The van der Waals surface area contributed by atoms with Gasteiger partial charge in [-0.3, -0.25) is 0 Å². The third-order valence-electron chi connectivity index (χ3n) is 1.94. The molecule has 13 heavy (non-hydrogen) atoms. The summed E-state index contributed by atoms with van der Waals surface area (Å²) >= 11 is 1.38. The summed E-state index contributed by atoms with van der Waals surface area (Å²) in [5.74, 6) is 0. The van der Waals surface area contributed by atoms with Crippen LogP contribution in [0.25, 0.3) is 21.3 Å². The number of fused-ring (bicyclic) bond motifs is 2. The summed E-state index contributed by atoms with van der Waals surface area (Å²) in [7, 11) is 0. The van der Waals surface area contributed by atoms with Gasteiger partial charge in [-0.15, -0.1) is 5.10 Å². The van der Waals surface area contributed by atoms with E-state index in [9.17, 15) is 0 Å². The summed E-state index contributed by atoms with van der Waals surface area (Å²) in [5, 5.41) is 5.07. The molecule has 0 amide bonds. The Morgan fingerprint density at radius 2 is 2.08 bits per heavy atom. The third-order valence-corrected chi connectivity index (χ3v) is 2.61. The Kier molecular flexibility index (Phi) is 1.31. The molecule has 3 rings (SSSR count). The highest BCUT2D eigenvalue weighted by molar-refractivity contribution is 7.12. The van der Waals surface area contributed by atoms with Crippen LogP contribution in [0.5, 0.6) is 0 Å². The van der Waals surface area contributed by atoms with Crippen molar-refractivity contribution in [3.05, 3.63) is 30.3 Å². The Morgan fingerprint density at radius 1 is 1.15 bits per heavy atom. The number of pyridine rings is 1. The number of rotatable bonds is 0. The molecule has 3 nitrogen and oxygen atoms in total. The molecular formula is C9H5N3S. The van der Waals surface area contributed by atoms with Gasteiger partial charge in [0.2, 0.25) is 0 Å². The van der Waals surface area contributed by atoms with Gasteiger partial charge in [-0.1, -0.05) is 22.7 Å². The normalized spacial score (nSPS) is 11.1. The highest BCUT2D eigenvalue weighted by Gasteiger charge is 2.01. The van der Waals surface area contributed by atoms with Gasteiger partial charge in [0.05, 0.1) is 10.2 Å². The SMILES string of the molecule is c1ccc2nc3nnsc3cc2c1. The summed E-state index contributed by atoms with van der Waals surface area (Å²) in [6.07, 6.45) is 0. The molecule has 0 atom stereocenters. The van der Waals surface area contributed by atoms with Crippen LogP contribution in [0.2, 0.25) is 0 Å². The molecule has 3 aromatic rings. The summed E-state index contributed by atoms with van der Waals surface area (Å²) < 4.78 is 4.89. The number of hydrogen-bond donors (Lipinski definition) is 0. The van der Waals surface area contributed by atoms with Crippen molar-refractivity contribution in [3.63, 3.8) is 0 Å². The van der Waals surface area contributed by atoms with Gasteiger partial charge < -0.3 is 0 Å². The molecule has 0 aliphatic heterocycles. The van der Waals surface area contributed by atoms with Gasteiger partial charge in [-0.05, 0) is 23.7 Å². The van der Waals surface area contributed by atoms with Crippen molar-refractivity contribution in [2.24, 2.45) is 0 Å². The first-order valence-electron chi connectivity index (χ1n) is 3.91. The van der Waals surface area contributed by atoms with Gasteiger partial charge in [0.25, 0.3) is 0 Å². The molecule has 0 bridgehead atoms. The van der Waals surface area contributed by atoms with Crippen molar-refractivity contribution in [1.29, 1.82) is 0 Å². The first kappa shape index (κ1) is 6.91. The van der Waals surface area contributed by atoms with Crippen LogP contribution < -0.4 is 0 Å². The summed E-state index contributed by atoms with van der Waals surface area (Å²) in [6.45, 7) is 0. The molecule has 2 aromatic heterocycles. The largest absolute Gasteiger partial charge is 0.226 e. The zero-order chi connectivity index (χ0) is 8.67. The van der Waals surface area contributed by atoms with Gasteiger partial charge in [0, 0.05) is 5.39 Å². The minimum Gasteiger partial charge on any atom is -0.226 e. The minimum absolute atomic E-state index is 0.740. The van der Waals surface area contributed by atoms with Crippen LogP contribution in [0.4, 0.5) is 0 Å². The maximum Gasteiger partial charge on any atom is 0.195 e. The maximum absolute atomic E-state index is 4.37.